The average Bonchev–Trinajstić information content (AvgIpc) is 3.04. The highest BCUT2D eigenvalue weighted by atomic mass is 32.2. The van der Waals surface area contributed by atoms with Gasteiger partial charge in [-0.25, -0.2) is 18.2 Å². The Kier molecular flexibility index (Phi) is 7.60. The summed E-state index contributed by atoms with van der Waals surface area (Å²) in [6.07, 6.45) is 3.77. The van der Waals surface area contributed by atoms with Crippen LogP contribution >= 0.6 is 11.3 Å². The molecule has 34 heavy (non-hydrogen) atoms. The largest absolute Gasteiger partial charge is 0.462 e. The predicted octanol–water partition coefficient (Wildman–Crippen LogP) is 4.33. The van der Waals surface area contributed by atoms with E-state index >= 15 is 0 Å². The van der Waals surface area contributed by atoms with Crippen LogP contribution in [0.15, 0.2) is 47.4 Å². The van der Waals surface area contributed by atoms with Crippen LogP contribution in [0.5, 0.6) is 0 Å². The van der Waals surface area contributed by atoms with E-state index in [1.165, 1.54) is 21.7 Å². The van der Waals surface area contributed by atoms with Crippen LogP contribution in [0.3, 0.4) is 0 Å². The van der Waals surface area contributed by atoms with Crippen LogP contribution < -0.4 is 5.32 Å². The molecule has 3 aromatic rings. The lowest BCUT2D eigenvalue weighted by molar-refractivity contribution is 0.0526. The van der Waals surface area contributed by atoms with Gasteiger partial charge in [0.25, 0.3) is 0 Å². The maximum absolute atomic E-state index is 13.1. The summed E-state index contributed by atoms with van der Waals surface area (Å²) >= 11 is 1.33. The van der Waals surface area contributed by atoms with E-state index in [1.807, 2.05) is 0 Å². The van der Waals surface area contributed by atoms with Crippen molar-refractivity contribution in [1.29, 1.82) is 0 Å². The minimum Gasteiger partial charge on any atom is -0.462 e. The highest BCUT2D eigenvalue weighted by Gasteiger charge is 2.25. The third-order valence-electron chi connectivity index (χ3n) is 5.66. The molecular formula is C24H27N3O5S2. The van der Waals surface area contributed by atoms with Crippen LogP contribution in [0.25, 0.3) is 10.2 Å². The van der Waals surface area contributed by atoms with Crippen molar-refractivity contribution in [3.63, 3.8) is 0 Å². The molecule has 0 aliphatic carbocycles. The average molecular weight is 502 g/mol. The van der Waals surface area contributed by atoms with E-state index in [-0.39, 0.29) is 17.2 Å². The highest BCUT2D eigenvalue weighted by Crippen LogP contribution is 2.27. The number of esters is 1. The molecular weight excluding hydrogens is 474 g/mol. The third-order valence-corrected chi connectivity index (χ3v) is 8.53. The van der Waals surface area contributed by atoms with Crippen molar-refractivity contribution < 1.29 is 22.7 Å². The number of carbonyl (C=O) groups is 2. The molecule has 180 valence electrons. The first-order valence-corrected chi connectivity index (χ1v) is 13.6. The van der Waals surface area contributed by atoms with E-state index in [1.54, 1.807) is 43.3 Å². The molecule has 1 fully saturated rings. The summed E-state index contributed by atoms with van der Waals surface area (Å²) in [6.45, 7) is 3.05. The Labute approximate surface area is 203 Å². The molecule has 2 heterocycles. The number of ketones is 1. The van der Waals surface area contributed by atoms with E-state index in [9.17, 15) is 18.0 Å². The Hall–Kier alpha value is -2.82. The number of thiazole rings is 1. The zero-order valence-corrected chi connectivity index (χ0v) is 20.6. The molecule has 0 saturated carbocycles. The maximum atomic E-state index is 13.1. The monoisotopic (exact) mass is 501 g/mol. The number of hydrogen-bond donors (Lipinski definition) is 1. The number of nitrogens with zero attached hydrogens (tertiary/aromatic N) is 2. The molecule has 0 unspecified atom stereocenters. The normalized spacial score (nSPS) is 15.1. The second-order valence-electron chi connectivity index (χ2n) is 8.04. The van der Waals surface area contributed by atoms with Gasteiger partial charge in [0, 0.05) is 18.7 Å². The van der Waals surface area contributed by atoms with Crippen molar-refractivity contribution in [3.8, 4) is 0 Å². The Balaban J connectivity index is 1.45. The van der Waals surface area contributed by atoms with Gasteiger partial charge in [0.2, 0.25) is 10.0 Å². The summed E-state index contributed by atoms with van der Waals surface area (Å²) in [6, 6.07) is 11.3. The summed E-state index contributed by atoms with van der Waals surface area (Å²) in [5, 5.41) is 3.56. The van der Waals surface area contributed by atoms with Crippen LogP contribution in [0, 0.1) is 0 Å². The van der Waals surface area contributed by atoms with Gasteiger partial charge in [-0.3, -0.25) is 4.79 Å². The smallest absolute Gasteiger partial charge is 0.338 e. The van der Waals surface area contributed by atoms with Crippen LogP contribution in [0.1, 0.15) is 53.3 Å². The van der Waals surface area contributed by atoms with Crippen molar-refractivity contribution in [2.24, 2.45) is 0 Å². The Morgan fingerprint density at radius 3 is 2.56 bits per heavy atom. The summed E-state index contributed by atoms with van der Waals surface area (Å²) in [5.41, 5.74) is 1.48. The molecule has 2 aromatic carbocycles. The van der Waals surface area contributed by atoms with Crippen molar-refractivity contribution in [2.45, 2.75) is 37.5 Å². The van der Waals surface area contributed by atoms with Crippen LogP contribution in [0.2, 0.25) is 0 Å². The van der Waals surface area contributed by atoms with Crippen molar-refractivity contribution in [3.05, 3.63) is 53.6 Å². The van der Waals surface area contributed by atoms with E-state index < -0.39 is 16.0 Å². The van der Waals surface area contributed by atoms with Gasteiger partial charge in [0.15, 0.2) is 10.9 Å². The number of carbonyl (C=O) groups excluding carboxylic acids is 2. The number of anilines is 1. The van der Waals surface area contributed by atoms with Gasteiger partial charge in [0.05, 0.1) is 33.8 Å². The summed E-state index contributed by atoms with van der Waals surface area (Å²) < 4.78 is 33.5. The first-order valence-electron chi connectivity index (χ1n) is 11.3. The molecule has 0 atom stereocenters. The second kappa shape index (κ2) is 10.6. The van der Waals surface area contributed by atoms with Gasteiger partial charge in [0.1, 0.15) is 0 Å². The van der Waals surface area contributed by atoms with Gasteiger partial charge in [-0.05, 0) is 50.1 Å². The van der Waals surface area contributed by atoms with Crippen molar-refractivity contribution in [1.82, 2.24) is 9.29 Å². The molecule has 0 amide bonds. The number of ether oxygens (including phenoxy) is 1. The topological polar surface area (TPSA) is 106 Å². The maximum Gasteiger partial charge on any atom is 0.338 e. The first kappa shape index (κ1) is 24.3. The molecule has 0 bridgehead atoms. The van der Waals surface area contributed by atoms with Crippen LogP contribution in [-0.4, -0.2) is 55.7 Å². The predicted molar refractivity (Wildman–Crippen MR) is 132 cm³/mol. The van der Waals surface area contributed by atoms with E-state index in [2.05, 4.69) is 10.3 Å². The number of rotatable bonds is 8. The van der Waals surface area contributed by atoms with Gasteiger partial charge >= 0.3 is 5.97 Å². The van der Waals surface area contributed by atoms with Gasteiger partial charge in [-0.1, -0.05) is 36.3 Å². The quantitative estimate of drug-likeness (QED) is 0.362. The number of fused-ring (bicyclic) bond motifs is 1. The molecule has 8 nitrogen and oxygen atoms in total. The number of aromatic nitrogens is 1. The third kappa shape index (κ3) is 5.45. The van der Waals surface area contributed by atoms with Crippen LogP contribution in [0.4, 0.5) is 5.13 Å². The lowest BCUT2D eigenvalue weighted by Gasteiger charge is -2.20. The molecule has 1 aliphatic rings. The lowest BCUT2D eigenvalue weighted by Crippen LogP contribution is -2.32. The van der Waals surface area contributed by atoms with E-state index in [0.29, 0.717) is 41.5 Å². The number of benzene rings is 2. The molecule has 1 aliphatic heterocycles. The second-order valence-corrected chi connectivity index (χ2v) is 11.0. The Bertz CT molecular complexity index is 1290. The summed E-state index contributed by atoms with van der Waals surface area (Å²) in [4.78, 5) is 29.3. The summed E-state index contributed by atoms with van der Waals surface area (Å²) in [5.74, 6) is -0.628. The fourth-order valence-electron chi connectivity index (χ4n) is 3.86. The van der Waals surface area contributed by atoms with E-state index in [4.69, 9.17) is 4.74 Å². The molecule has 4 rings (SSSR count). The molecule has 0 spiro atoms. The minimum atomic E-state index is -3.63. The number of hydrogen-bond acceptors (Lipinski definition) is 8. The van der Waals surface area contributed by atoms with Crippen LogP contribution in [-0.2, 0) is 14.8 Å². The number of nitrogens with one attached hydrogen (secondary N) is 1. The van der Waals surface area contributed by atoms with Crippen molar-refractivity contribution >= 4 is 48.5 Å². The zero-order valence-electron chi connectivity index (χ0n) is 19.0. The number of sulfonamides is 1. The number of Topliss-reactive ketones (excluding diaryl/α,β-unsaturated/α-hetero) is 1. The molecule has 1 aromatic heterocycles. The van der Waals surface area contributed by atoms with Gasteiger partial charge in [-0.2, -0.15) is 4.31 Å². The molecule has 10 heteroatoms. The first-order chi connectivity index (χ1) is 16.4. The SMILES string of the molecule is CCOC(=O)c1ccc2nc(NCC(=O)c3cccc(S(=O)(=O)N4CCCCCC4)c3)sc2c1. The summed E-state index contributed by atoms with van der Waals surface area (Å²) in [7, 11) is -3.63. The minimum absolute atomic E-state index is 0.0300. The Morgan fingerprint density at radius 1 is 1.06 bits per heavy atom. The highest BCUT2D eigenvalue weighted by molar-refractivity contribution is 7.89. The molecule has 1 saturated heterocycles. The lowest BCUT2D eigenvalue weighted by atomic mass is 10.1. The molecule has 1 N–H and O–H groups in total. The van der Waals surface area contributed by atoms with E-state index in [0.717, 1.165) is 30.4 Å². The molecule has 0 radical (unpaired) electrons. The van der Waals surface area contributed by atoms with Crippen molar-refractivity contribution in [2.75, 3.05) is 31.6 Å². The standard InChI is InChI=1S/C24H27N3O5S2/c1-2-32-23(29)18-10-11-20-22(15-18)33-24(26-20)25-16-21(28)17-8-7-9-19(14-17)34(30,31)27-12-5-3-4-6-13-27/h7-11,14-15H,2-6,12-13,16H2,1H3,(H,25,26). The van der Waals surface area contributed by atoms with Gasteiger partial charge < -0.3 is 10.1 Å². The fourth-order valence-corrected chi connectivity index (χ4v) is 6.32. The fraction of sp³-hybridized carbons (Fsp3) is 0.375. The zero-order chi connectivity index (χ0) is 24.1. The van der Waals surface area contributed by atoms with Gasteiger partial charge in [-0.15, -0.1) is 0 Å². The Morgan fingerprint density at radius 2 is 1.82 bits per heavy atom.